The highest BCUT2D eigenvalue weighted by molar-refractivity contribution is 8.00. The van der Waals surface area contributed by atoms with E-state index in [0.29, 0.717) is 27.6 Å². The van der Waals surface area contributed by atoms with Crippen LogP contribution >= 0.6 is 0 Å². The van der Waals surface area contributed by atoms with Gasteiger partial charge in [0.25, 0.3) is 0 Å². The molecule has 0 amide bonds. The fourth-order valence-corrected chi connectivity index (χ4v) is 13.4. The van der Waals surface area contributed by atoms with Gasteiger partial charge < -0.3 is 0 Å². The first kappa shape index (κ1) is 30.7. The zero-order valence-electron chi connectivity index (χ0n) is 27.5. The SMILES string of the molecule is C=S(=O)(CC1CCC2(C)C(CCC3[C@@H]2CCC2(C)[C@@]3(C)CC[C@]2(C)[C@H](C)CCCC(C)C)C1)c1ccc(C)cc1. The molecule has 2 heteroatoms. The van der Waals surface area contributed by atoms with Gasteiger partial charge in [-0.05, 0) is 149 Å². The molecule has 6 unspecified atom stereocenters. The maximum atomic E-state index is 13.7. The number of benzene rings is 1. The molecule has 226 valence electrons. The van der Waals surface area contributed by atoms with Crippen molar-refractivity contribution in [1.29, 1.82) is 0 Å². The van der Waals surface area contributed by atoms with Crippen LogP contribution in [0.3, 0.4) is 0 Å². The van der Waals surface area contributed by atoms with Gasteiger partial charge in [-0.1, -0.05) is 85.4 Å². The van der Waals surface area contributed by atoms with E-state index < -0.39 is 9.52 Å². The first-order valence-electron chi connectivity index (χ1n) is 17.1. The molecule has 4 aliphatic carbocycles. The van der Waals surface area contributed by atoms with E-state index in [2.05, 4.69) is 85.5 Å². The fraction of sp³-hybridized carbons (Fsp3) is 0.816. The topological polar surface area (TPSA) is 17.1 Å². The van der Waals surface area contributed by atoms with Gasteiger partial charge in [0.2, 0.25) is 0 Å². The molecular weight excluding hydrogens is 504 g/mol. The Morgan fingerprint density at radius 3 is 2.25 bits per heavy atom. The number of hydrogen-bond acceptors (Lipinski definition) is 1. The van der Waals surface area contributed by atoms with Crippen molar-refractivity contribution in [3.63, 3.8) is 0 Å². The summed E-state index contributed by atoms with van der Waals surface area (Å²) in [7, 11) is -2.22. The summed E-state index contributed by atoms with van der Waals surface area (Å²) < 4.78 is 13.7. The standard InChI is InChI=1S/C38H62OS/c1-27(2)11-10-12-29(4)36(6)23-24-37(7)34-18-15-31-25-30(26-40(9,39)32-16-13-28(3)14-17-32)19-21-35(31,5)33(34)20-22-38(36,37)8/h13-14,16-17,27,29-31,33-34H,9-12,15,18-26H2,1-8H3/t29-,30?,31?,33+,34?,35?,36-,37+,38?,40?/m1/s1. The minimum atomic E-state index is -2.22. The molecule has 0 spiro atoms. The normalized spacial score (nSPS) is 43.4. The molecule has 1 nitrogen and oxygen atoms in total. The third-order valence-electron chi connectivity index (χ3n) is 14.7. The monoisotopic (exact) mass is 566 g/mol. The third kappa shape index (κ3) is 4.87. The van der Waals surface area contributed by atoms with Crippen LogP contribution in [0.5, 0.6) is 0 Å². The van der Waals surface area contributed by atoms with Crippen LogP contribution in [-0.4, -0.2) is 15.8 Å². The lowest BCUT2D eigenvalue weighted by atomic mass is 9.38. The number of fused-ring (bicyclic) bond motifs is 5. The smallest absolute Gasteiger partial charge is 0.0305 e. The summed E-state index contributed by atoms with van der Waals surface area (Å²) in [6.45, 7) is 20.4. The van der Waals surface area contributed by atoms with Crippen LogP contribution < -0.4 is 0 Å². The molecule has 40 heavy (non-hydrogen) atoms. The summed E-state index contributed by atoms with van der Waals surface area (Å²) in [6.07, 6.45) is 16.6. The molecule has 0 radical (unpaired) electrons. The summed E-state index contributed by atoms with van der Waals surface area (Å²) in [4.78, 5) is 0.956. The van der Waals surface area contributed by atoms with Crippen LogP contribution in [0.2, 0.25) is 0 Å². The Labute approximate surface area is 249 Å². The molecule has 0 saturated heterocycles. The molecule has 0 bridgehead atoms. The van der Waals surface area contributed by atoms with Gasteiger partial charge in [0.1, 0.15) is 0 Å². The second-order valence-electron chi connectivity index (χ2n) is 16.9. The van der Waals surface area contributed by atoms with Crippen LogP contribution in [0.4, 0.5) is 0 Å². The molecule has 5 rings (SSSR count). The van der Waals surface area contributed by atoms with Crippen molar-refractivity contribution in [2.75, 3.05) is 5.75 Å². The Kier molecular flexibility index (Phi) is 8.25. The van der Waals surface area contributed by atoms with E-state index >= 15 is 0 Å². The summed E-state index contributed by atoms with van der Waals surface area (Å²) in [5.74, 6) is 9.84. The fourth-order valence-electron chi connectivity index (χ4n) is 11.5. The van der Waals surface area contributed by atoms with Gasteiger partial charge >= 0.3 is 0 Å². The van der Waals surface area contributed by atoms with Crippen molar-refractivity contribution in [2.24, 2.45) is 57.2 Å². The van der Waals surface area contributed by atoms with Crippen molar-refractivity contribution >= 4 is 15.4 Å². The van der Waals surface area contributed by atoms with E-state index in [1.54, 1.807) is 0 Å². The zero-order chi connectivity index (χ0) is 29.1. The predicted molar refractivity (Wildman–Crippen MR) is 175 cm³/mol. The van der Waals surface area contributed by atoms with Crippen LogP contribution in [0.25, 0.3) is 0 Å². The minimum Gasteiger partial charge on any atom is -0.263 e. The Hall–Kier alpha value is -0.760. The van der Waals surface area contributed by atoms with Crippen molar-refractivity contribution in [3.05, 3.63) is 29.8 Å². The van der Waals surface area contributed by atoms with Crippen molar-refractivity contribution in [3.8, 4) is 0 Å². The van der Waals surface area contributed by atoms with Gasteiger partial charge in [0.05, 0.1) is 0 Å². The average molecular weight is 567 g/mol. The van der Waals surface area contributed by atoms with Gasteiger partial charge in [-0.15, -0.1) is 0 Å². The average Bonchev–Trinajstić information content (AvgIpc) is 3.11. The number of rotatable bonds is 8. The first-order valence-corrected chi connectivity index (χ1v) is 19.0. The predicted octanol–water partition coefficient (Wildman–Crippen LogP) is 10.6. The van der Waals surface area contributed by atoms with Crippen molar-refractivity contribution in [2.45, 2.75) is 137 Å². The molecule has 0 aliphatic heterocycles. The Bertz CT molecular complexity index is 1150. The molecule has 10 atom stereocenters. The van der Waals surface area contributed by atoms with Crippen LogP contribution in [0.1, 0.15) is 131 Å². The second kappa shape index (κ2) is 10.7. The van der Waals surface area contributed by atoms with E-state index in [0.717, 1.165) is 40.2 Å². The number of aryl methyl sites for hydroxylation is 1. The Balaban J connectivity index is 1.30. The lowest BCUT2D eigenvalue weighted by Crippen LogP contribution is -2.59. The maximum Gasteiger partial charge on any atom is 0.0305 e. The van der Waals surface area contributed by atoms with E-state index in [4.69, 9.17) is 0 Å². The molecule has 4 saturated carbocycles. The molecule has 4 aliphatic rings. The molecule has 0 aromatic heterocycles. The van der Waals surface area contributed by atoms with Crippen LogP contribution in [0.15, 0.2) is 29.2 Å². The zero-order valence-corrected chi connectivity index (χ0v) is 28.3. The van der Waals surface area contributed by atoms with Crippen LogP contribution in [0, 0.1) is 64.1 Å². The molecule has 4 fully saturated rings. The highest BCUT2D eigenvalue weighted by atomic mass is 32.2. The van der Waals surface area contributed by atoms with E-state index in [-0.39, 0.29) is 0 Å². The Morgan fingerprint density at radius 2 is 1.57 bits per heavy atom. The quantitative estimate of drug-likeness (QED) is 0.286. The molecular formula is C38H62OS. The van der Waals surface area contributed by atoms with Crippen LogP contribution in [-0.2, 0) is 9.52 Å². The molecule has 1 aromatic carbocycles. The first-order chi connectivity index (χ1) is 18.7. The van der Waals surface area contributed by atoms with Crippen molar-refractivity contribution < 1.29 is 4.21 Å². The summed E-state index contributed by atoms with van der Waals surface area (Å²) in [5, 5.41) is 0. The summed E-state index contributed by atoms with van der Waals surface area (Å²) in [6, 6.07) is 8.31. The lowest BCUT2D eigenvalue weighted by Gasteiger charge is -2.66. The third-order valence-corrected chi connectivity index (χ3v) is 16.9. The molecule has 0 N–H and O–H groups in total. The van der Waals surface area contributed by atoms with E-state index in [1.165, 1.54) is 82.6 Å². The van der Waals surface area contributed by atoms with Gasteiger partial charge in [0, 0.05) is 10.6 Å². The van der Waals surface area contributed by atoms with Gasteiger partial charge in [0.15, 0.2) is 0 Å². The molecule has 1 aromatic rings. The second-order valence-corrected chi connectivity index (χ2v) is 19.3. The number of hydrogen-bond donors (Lipinski definition) is 0. The highest BCUT2D eigenvalue weighted by Gasteiger charge is 2.69. The summed E-state index contributed by atoms with van der Waals surface area (Å²) >= 11 is 0. The van der Waals surface area contributed by atoms with E-state index in [1.807, 2.05) is 0 Å². The van der Waals surface area contributed by atoms with Crippen molar-refractivity contribution in [1.82, 2.24) is 0 Å². The van der Waals surface area contributed by atoms with Gasteiger partial charge in [-0.25, -0.2) is 0 Å². The largest absolute Gasteiger partial charge is 0.263 e. The van der Waals surface area contributed by atoms with E-state index in [9.17, 15) is 4.21 Å². The maximum absolute atomic E-state index is 13.7. The molecule has 0 heterocycles. The van der Waals surface area contributed by atoms with Gasteiger partial charge in [-0.3, -0.25) is 4.21 Å². The highest BCUT2D eigenvalue weighted by Crippen LogP contribution is 2.77. The Morgan fingerprint density at radius 1 is 0.875 bits per heavy atom. The van der Waals surface area contributed by atoms with Gasteiger partial charge in [-0.2, -0.15) is 0 Å². The minimum absolute atomic E-state index is 0.465. The lowest BCUT2D eigenvalue weighted by molar-refractivity contribution is -0.176. The summed E-state index contributed by atoms with van der Waals surface area (Å²) in [5.41, 5.74) is 3.12.